The maximum Gasteiger partial charge on any atom is 0.236 e. The predicted octanol–water partition coefficient (Wildman–Crippen LogP) is -1.20. The summed E-state index contributed by atoms with van der Waals surface area (Å²) in [4.78, 5) is 12.8. The van der Waals surface area contributed by atoms with Gasteiger partial charge in [-0.25, -0.2) is 0 Å². The fourth-order valence-electron chi connectivity index (χ4n) is 1.23. The second-order valence-corrected chi connectivity index (χ2v) is 2.81. The van der Waals surface area contributed by atoms with Crippen molar-refractivity contribution >= 4 is 5.91 Å². The number of amides is 1. The summed E-state index contributed by atoms with van der Waals surface area (Å²) in [7, 11) is 1.74. The highest BCUT2D eigenvalue weighted by Gasteiger charge is 2.23. The highest BCUT2D eigenvalue weighted by molar-refractivity contribution is 5.78. The molecule has 1 fully saturated rings. The molecular formula is C7H14N2O2. The number of carbonyl (C=O) groups is 1. The second kappa shape index (κ2) is 3.69. The van der Waals surface area contributed by atoms with Crippen LogP contribution in [0.4, 0.5) is 0 Å². The van der Waals surface area contributed by atoms with Crippen LogP contribution >= 0.6 is 0 Å². The number of aliphatic hydroxyl groups is 1. The number of hydrogen-bond acceptors (Lipinski definition) is 3. The van der Waals surface area contributed by atoms with Crippen molar-refractivity contribution in [2.45, 2.75) is 12.5 Å². The molecule has 64 valence electrons. The average molecular weight is 158 g/mol. The van der Waals surface area contributed by atoms with Gasteiger partial charge in [0.15, 0.2) is 0 Å². The zero-order valence-electron chi connectivity index (χ0n) is 6.71. The van der Waals surface area contributed by atoms with Crippen molar-refractivity contribution in [2.24, 2.45) is 0 Å². The summed E-state index contributed by atoms with van der Waals surface area (Å²) in [5, 5.41) is 11.9. The van der Waals surface area contributed by atoms with Crippen LogP contribution < -0.4 is 5.32 Å². The highest BCUT2D eigenvalue weighted by Crippen LogP contribution is 2.07. The minimum atomic E-state index is -0.309. The van der Waals surface area contributed by atoms with Gasteiger partial charge >= 0.3 is 0 Å². The van der Waals surface area contributed by atoms with Crippen LogP contribution in [0.2, 0.25) is 0 Å². The van der Waals surface area contributed by atoms with Gasteiger partial charge in [0.1, 0.15) is 0 Å². The number of hydrogen-bond donors (Lipinski definition) is 2. The molecule has 0 bridgehead atoms. The van der Waals surface area contributed by atoms with E-state index in [0.29, 0.717) is 19.6 Å². The van der Waals surface area contributed by atoms with Crippen molar-refractivity contribution in [2.75, 3.05) is 26.7 Å². The van der Waals surface area contributed by atoms with Crippen molar-refractivity contribution in [3.8, 4) is 0 Å². The van der Waals surface area contributed by atoms with Gasteiger partial charge in [0.05, 0.1) is 12.6 Å². The highest BCUT2D eigenvalue weighted by atomic mass is 16.3. The first-order valence-electron chi connectivity index (χ1n) is 3.84. The molecule has 0 aliphatic carbocycles. The maximum atomic E-state index is 11.1. The topological polar surface area (TPSA) is 52.6 Å². The number of carbonyl (C=O) groups excluding carboxylic acids is 1. The van der Waals surface area contributed by atoms with E-state index in [2.05, 4.69) is 5.32 Å². The Hall–Kier alpha value is -0.610. The lowest BCUT2D eigenvalue weighted by Crippen LogP contribution is -2.35. The molecule has 4 heteroatoms. The Morgan fingerprint density at radius 3 is 3.00 bits per heavy atom. The van der Waals surface area contributed by atoms with Crippen LogP contribution in [0.3, 0.4) is 0 Å². The van der Waals surface area contributed by atoms with Crippen LogP contribution in [-0.2, 0) is 4.79 Å². The number of likely N-dealkylation sites (tertiary alicyclic amines) is 1. The van der Waals surface area contributed by atoms with Gasteiger partial charge in [-0.2, -0.15) is 0 Å². The average Bonchev–Trinajstić information content (AvgIpc) is 2.36. The monoisotopic (exact) mass is 158 g/mol. The minimum absolute atomic E-state index is 0.0732. The van der Waals surface area contributed by atoms with Crippen LogP contribution in [0.15, 0.2) is 0 Å². The Kier molecular flexibility index (Phi) is 2.84. The van der Waals surface area contributed by atoms with Crippen LogP contribution in [0.25, 0.3) is 0 Å². The fourth-order valence-corrected chi connectivity index (χ4v) is 1.23. The molecule has 4 nitrogen and oxygen atoms in total. The van der Waals surface area contributed by atoms with Gasteiger partial charge < -0.3 is 15.3 Å². The van der Waals surface area contributed by atoms with E-state index in [1.165, 1.54) is 0 Å². The number of nitrogens with zero attached hydrogens (tertiary/aromatic N) is 1. The third-order valence-electron chi connectivity index (χ3n) is 1.84. The first-order valence-corrected chi connectivity index (χ1v) is 3.84. The standard InChI is InChI=1S/C7H14N2O2/c1-8-4-7(11)9-3-2-6(10)5-9/h6,8,10H,2-5H2,1H3/t6-/m1/s1. The SMILES string of the molecule is CNCC(=O)N1CC[C@@H](O)C1. The summed E-state index contributed by atoms with van der Waals surface area (Å²) >= 11 is 0. The summed E-state index contributed by atoms with van der Waals surface area (Å²) in [5.74, 6) is 0.0732. The van der Waals surface area contributed by atoms with E-state index in [1.807, 2.05) is 0 Å². The molecule has 1 rings (SSSR count). The van der Waals surface area contributed by atoms with Crippen LogP contribution in [0.1, 0.15) is 6.42 Å². The van der Waals surface area contributed by atoms with Gasteiger partial charge in [0, 0.05) is 13.1 Å². The molecule has 2 N–H and O–H groups in total. The summed E-state index contributed by atoms with van der Waals surface area (Å²) in [5.41, 5.74) is 0. The van der Waals surface area contributed by atoms with Gasteiger partial charge in [-0.1, -0.05) is 0 Å². The molecule has 1 aliphatic heterocycles. The summed E-state index contributed by atoms with van der Waals surface area (Å²) in [6, 6.07) is 0. The molecule has 0 spiro atoms. The molecular weight excluding hydrogens is 144 g/mol. The number of rotatable bonds is 2. The van der Waals surface area contributed by atoms with E-state index < -0.39 is 0 Å². The molecule has 0 aromatic heterocycles. The van der Waals surface area contributed by atoms with Crippen molar-refractivity contribution in [3.05, 3.63) is 0 Å². The molecule has 0 saturated carbocycles. The third-order valence-corrected chi connectivity index (χ3v) is 1.84. The van der Waals surface area contributed by atoms with Gasteiger partial charge in [0.2, 0.25) is 5.91 Å². The largest absolute Gasteiger partial charge is 0.391 e. The molecule has 1 saturated heterocycles. The lowest BCUT2D eigenvalue weighted by molar-refractivity contribution is -0.129. The smallest absolute Gasteiger partial charge is 0.236 e. The summed E-state index contributed by atoms with van der Waals surface area (Å²) in [6.07, 6.45) is 0.408. The van der Waals surface area contributed by atoms with Gasteiger partial charge in [-0.3, -0.25) is 4.79 Å². The predicted molar refractivity (Wildman–Crippen MR) is 41.1 cm³/mol. The number of nitrogens with one attached hydrogen (secondary N) is 1. The molecule has 0 aromatic carbocycles. The Morgan fingerprint density at radius 2 is 2.55 bits per heavy atom. The first-order chi connectivity index (χ1) is 5.24. The molecule has 0 unspecified atom stereocenters. The molecule has 11 heavy (non-hydrogen) atoms. The lowest BCUT2D eigenvalue weighted by atomic mass is 10.3. The zero-order valence-corrected chi connectivity index (χ0v) is 6.71. The Labute approximate surface area is 66.2 Å². The molecule has 1 aliphatic rings. The fraction of sp³-hybridized carbons (Fsp3) is 0.857. The van der Waals surface area contributed by atoms with Gasteiger partial charge in [-0.05, 0) is 13.5 Å². The Balaban J connectivity index is 2.31. The van der Waals surface area contributed by atoms with E-state index in [1.54, 1.807) is 11.9 Å². The van der Waals surface area contributed by atoms with Crippen molar-refractivity contribution < 1.29 is 9.90 Å². The van der Waals surface area contributed by atoms with E-state index in [-0.39, 0.29) is 12.0 Å². The van der Waals surface area contributed by atoms with Gasteiger partial charge in [-0.15, -0.1) is 0 Å². The van der Waals surface area contributed by atoms with Crippen molar-refractivity contribution in [1.82, 2.24) is 10.2 Å². The second-order valence-electron chi connectivity index (χ2n) is 2.81. The number of aliphatic hydroxyl groups excluding tert-OH is 1. The molecule has 1 amide bonds. The third kappa shape index (κ3) is 2.17. The van der Waals surface area contributed by atoms with Crippen molar-refractivity contribution in [3.63, 3.8) is 0 Å². The van der Waals surface area contributed by atoms with E-state index >= 15 is 0 Å². The molecule has 1 atom stereocenters. The maximum absolute atomic E-state index is 11.1. The summed E-state index contributed by atoms with van der Waals surface area (Å²) < 4.78 is 0. The van der Waals surface area contributed by atoms with E-state index in [4.69, 9.17) is 5.11 Å². The minimum Gasteiger partial charge on any atom is -0.391 e. The molecule has 0 aromatic rings. The molecule has 0 radical (unpaired) electrons. The van der Waals surface area contributed by atoms with Crippen LogP contribution in [0, 0.1) is 0 Å². The number of β-amino-alcohol motifs (C(OH)–C–C–N with tert-alkyl or cyclic N) is 1. The van der Waals surface area contributed by atoms with Crippen molar-refractivity contribution in [1.29, 1.82) is 0 Å². The Bertz CT molecular complexity index is 149. The lowest BCUT2D eigenvalue weighted by Gasteiger charge is -2.14. The summed E-state index contributed by atoms with van der Waals surface area (Å²) in [6.45, 7) is 1.56. The zero-order chi connectivity index (χ0) is 8.27. The number of likely N-dealkylation sites (N-methyl/N-ethyl adjacent to an activating group) is 1. The molecule has 1 heterocycles. The normalized spacial score (nSPS) is 24.2. The van der Waals surface area contributed by atoms with E-state index in [9.17, 15) is 4.79 Å². The van der Waals surface area contributed by atoms with Gasteiger partial charge in [0.25, 0.3) is 0 Å². The van der Waals surface area contributed by atoms with E-state index in [0.717, 1.165) is 6.42 Å². The first kappa shape index (κ1) is 8.49. The van der Waals surface area contributed by atoms with Crippen LogP contribution in [0.5, 0.6) is 0 Å². The van der Waals surface area contributed by atoms with Crippen LogP contribution in [-0.4, -0.2) is 48.7 Å². The quantitative estimate of drug-likeness (QED) is 0.530. The Morgan fingerprint density at radius 1 is 1.82 bits per heavy atom.